The second-order valence-corrected chi connectivity index (χ2v) is 8.75. The van der Waals surface area contributed by atoms with E-state index in [4.69, 9.17) is 9.47 Å². The van der Waals surface area contributed by atoms with Gasteiger partial charge in [0, 0.05) is 11.1 Å². The zero-order chi connectivity index (χ0) is 23.1. The van der Waals surface area contributed by atoms with Gasteiger partial charge in [-0.25, -0.2) is 0 Å². The Labute approximate surface area is 187 Å². The molecule has 7 nitrogen and oxygen atoms in total. The molecule has 0 spiro atoms. The molecule has 0 aromatic heterocycles. The Balaban J connectivity index is 1.85. The molecule has 0 radical (unpaired) electrons. The first-order valence-electron chi connectivity index (χ1n) is 10.4. The number of hydrogen-bond donors (Lipinski definition) is 0. The molecule has 2 aliphatic rings. The van der Waals surface area contributed by atoms with Crippen molar-refractivity contribution in [2.45, 2.75) is 38.8 Å². The fraction of sp³-hybridized carbons (Fsp3) is 0.320. The van der Waals surface area contributed by atoms with Crippen LogP contribution in [0.5, 0.6) is 11.5 Å². The molecule has 7 heteroatoms. The minimum atomic E-state index is -0.647. The minimum absolute atomic E-state index is 0.287. The third kappa shape index (κ3) is 3.64. The van der Waals surface area contributed by atoms with Crippen LogP contribution in [0.25, 0.3) is 11.1 Å². The zero-order valence-electron chi connectivity index (χ0n) is 19.1. The molecule has 0 unspecified atom stereocenters. The van der Waals surface area contributed by atoms with E-state index in [1.807, 2.05) is 76.2 Å². The van der Waals surface area contributed by atoms with Gasteiger partial charge < -0.3 is 9.47 Å². The molecule has 32 heavy (non-hydrogen) atoms. The summed E-state index contributed by atoms with van der Waals surface area (Å²) in [6.07, 6.45) is 0. The number of ketones is 1. The molecule has 4 rings (SSSR count). The Morgan fingerprint density at radius 1 is 0.656 bits per heavy atom. The van der Waals surface area contributed by atoms with Crippen LogP contribution in [0.3, 0.4) is 0 Å². The maximum Gasteiger partial charge on any atom is 0.234 e. The maximum absolute atomic E-state index is 13.8. The van der Waals surface area contributed by atoms with Crippen LogP contribution in [-0.4, -0.2) is 31.1 Å². The lowest BCUT2D eigenvalue weighted by Gasteiger charge is -2.20. The molecule has 0 N–H and O–H groups in total. The quantitative estimate of drug-likeness (QED) is 0.573. The second-order valence-electron chi connectivity index (χ2n) is 8.75. The summed E-state index contributed by atoms with van der Waals surface area (Å²) < 4.78 is 10.5. The molecule has 2 aromatic carbocycles. The molecule has 0 fully saturated rings. The highest BCUT2D eigenvalue weighted by Crippen LogP contribution is 2.45. The number of rotatable bonds is 6. The number of ether oxygens (including phenoxy) is 2. The van der Waals surface area contributed by atoms with Crippen LogP contribution < -0.4 is 9.47 Å². The van der Waals surface area contributed by atoms with Crippen molar-refractivity contribution in [1.82, 2.24) is 0 Å². The van der Waals surface area contributed by atoms with E-state index in [0.29, 0.717) is 0 Å². The van der Waals surface area contributed by atoms with Crippen LogP contribution in [0.4, 0.5) is 0 Å². The lowest BCUT2D eigenvalue weighted by molar-refractivity contribution is -0.112. The molecule has 0 saturated heterocycles. The average Bonchev–Trinajstić information content (AvgIpc) is 3.28. The molecular formula is C25H26N4O3. The molecule has 164 valence electrons. The van der Waals surface area contributed by atoms with Crippen molar-refractivity contribution in [2.24, 2.45) is 20.5 Å². The van der Waals surface area contributed by atoms with Crippen molar-refractivity contribution in [1.29, 1.82) is 0 Å². The Morgan fingerprint density at radius 3 is 1.31 bits per heavy atom. The molecule has 0 atom stereocenters. The summed E-state index contributed by atoms with van der Waals surface area (Å²) in [7, 11) is 3.24. The van der Waals surface area contributed by atoms with Crippen molar-refractivity contribution in [3.63, 3.8) is 0 Å². The van der Waals surface area contributed by atoms with E-state index in [9.17, 15) is 4.79 Å². The van der Waals surface area contributed by atoms with Gasteiger partial charge in [-0.1, -0.05) is 24.3 Å². The summed E-state index contributed by atoms with van der Waals surface area (Å²) in [6.45, 7) is 7.76. The number of carbonyl (C=O) groups excluding carboxylic acids is 1. The summed E-state index contributed by atoms with van der Waals surface area (Å²) >= 11 is 0. The largest absolute Gasteiger partial charge is 0.497 e. The number of methoxy groups -OCH3 is 2. The highest BCUT2D eigenvalue weighted by molar-refractivity contribution is 6.18. The van der Waals surface area contributed by atoms with E-state index in [-0.39, 0.29) is 17.2 Å². The Hall–Kier alpha value is -3.61. The van der Waals surface area contributed by atoms with Gasteiger partial charge in [-0.3, -0.25) is 4.79 Å². The normalized spacial score (nSPS) is 18.4. The van der Waals surface area contributed by atoms with E-state index < -0.39 is 11.1 Å². The summed E-state index contributed by atoms with van der Waals surface area (Å²) in [6, 6.07) is 15.1. The molecular weight excluding hydrogens is 404 g/mol. The number of azo groups is 2. The van der Waals surface area contributed by atoms with E-state index in [1.54, 1.807) is 14.2 Å². The summed E-state index contributed by atoms with van der Waals surface area (Å²) in [5.74, 6) is 1.19. The van der Waals surface area contributed by atoms with Crippen LogP contribution in [0.2, 0.25) is 0 Å². The van der Waals surface area contributed by atoms with Crippen molar-refractivity contribution in [3.8, 4) is 11.5 Å². The monoisotopic (exact) mass is 430 g/mol. The van der Waals surface area contributed by atoms with Gasteiger partial charge in [0.1, 0.15) is 34.0 Å². The lowest BCUT2D eigenvalue weighted by atomic mass is 9.84. The van der Waals surface area contributed by atoms with Crippen LogP contribution in [0, 0.1) is 0 Å². The van der Waals surface area contributed by atoms with Gasteiger partial charge >= 0.3 is 0 Å². The smallest absolute Gasteiger partial charge is 0.234 e. The lowest BCUT2D eigenvalue weighted by Crippen LogP contribution is -2.20. The first kappa shape index (κ1) is 21.6. The van der Waals surface area contributed by atoms with Crippen molar-refractivity contribution < 1.29 is 14.3 Å². The van der Waals surface area contributed by atoms with Crippen LogP contribution in [0.1, 0.15) is 38.8 Å². The first-order valence-corrected chi connectivity index (χ1v) is 10.4. The van der Waals surface area contributed by atoms with Gasteiger partial charge in [-0.15, -0.1) is 0 Å². The minimum Gasteiger partial charge on any atom is -0.497 e. The number of benzene rings is 2. The predicted molar refractivity (Wildman–Crippen MR) is 123 cm³/mol. The van der Waals surface area contributed by atoms with Crippen LogP contribution >= 0.6 is 0 Å². The fourth-order valence-electron chi connectivity index (χ4n) is 4.05. The van der Waals surface area contributed by atoms with E-state index in [0.717, 1.165) is 33.8 Å². The topological polar surface area (TPSA) is 85.0 Å². The molecule has 0 aliphatic carbocycles. The highest BCUT2D eigenvalue weighted by atomic mass is 16.5. The Morgan fingerprint density at radius 2 is 1.00 bits per heavy atom. The predicted octanol–water partition coefficient (Wildman–Crippen LogP) is 5.88. The molecule has 0 saturated carbocycles. The summed E-state index contributed by atoms with van der Waals surface area (Å²) in [5.41, 5.74) is 2.53. The third-order valence-corrected chi connectivity index (χ3v) is 5.68. The van der Waals surface area contributed by atoms with Gasteiger partial charge in [0.25, 0.3) is 0 Å². The van der Waals surface area contributed by atoms with Gasteiger partial charge in [0.15, 0.2) is 0 Å². The zero-order valence-corrected chi connectivity index (χ0v) is 19.1. The van der Waals surface area contributed by atoms with Crippen LogP contribution in [-0.2, 0) is 4.79 Å². The van der Waals surface area contributed by atoms with Crippen LogP contribution in [0.15, 0.2) is 80.4 Å². The SMILES string of the molecule is COc1ccc(C2=C(C(=O)C3=C(c4ccc(OC)cc4)C(C)(C)N=N3)N=NC2(C)C)cc1. The van der Waals surface area contributed by atoms with Crippen molar-refractivity contribution >= 4 is 16.9 Å². The molecule has 0 amide bonds. The number of hydrogen-bond acceptors (Lipinski definition) is 7. The number of Topliss-reactive ketones (excluding diaryl/α,β-unsaturated/α-hetero) is 1. The average molecular weight is 431 g/mol. The standard InChI is InChI=1S/C25H26N4O3/c1-24(2)19(15-7-11-17(31-5)12-8-15)21(26-28-24)23(30)22-20(25(3,4)29-27-22)16-9-13-18(32-6)14-10-16/h7-14H,1-6H3. The summed E-state index contributed by atoms with van der Waals surface area (Å²) in [5, 5.41) is 17.4. The first-order chi connectivity index (χ1) is 15.2. The highest BCUT2D eigenvalue weighted by Gasteiger charge is 2.41. The van der Waals surface area contributed by atoms with Gasteiger partial charge in [0.2, 0.25) is 5.78 Å². The Bertz CT molecular complexity index is 1090. The molecule has 0 bridgehead atoms. The maximum atomic E-state index is 13.8. The van der Waals surface area contributed by atoms with E-state index in [1.165, 1.54) is 0 Å². The van der Waals surface area contributed by atoms with Gasteiger partial charge in [-0.2, -0.15) is 20.5 Å². The summed E-state index contributed by atoms with van der Waals surface area (Å²) in [4.78, 5) is 13.8. The molecule has 2 aromatic rings. The van der Waals surface area contributed by atoms with E-state index in [2.05, 4.69) is 20.5 Å². The fourth-order valence-corrected chi connectivity index (χ4v) is 4.05. The second kappa shape index (κ2) is 7.82. The van der Waals surface area contributed by atoms with Crippen molar-refractivity contribution in [3.05, 3.63) is 71.1 Å². The molecule has 2 aliphatic heterocycles. The van der Waals surface area contributed by atoms with Crippen molar-refractivity contribution in [2.75, 3.05) is 14.2 Å². The number of nitrogens with zero attached hydrogens (tertiary/aromatic N) is 4. The van der Waals surface area contributed by atoms with E-state index >= 15 is 0 Å². The third-order valence-electron chi connectivity index (χ3n) is 5.68. The molecule has 2 heterocycles. The Kier molecular flexibility index (Phi) is 5.28. The van der Waals surface area contributed by atoms with Gasteiger partial charge in [-0.05, 0) is 63.1 Å². The number of carbonyl (C=O) groups is 1. The van der Waals surface area contributed by atoms with Gasteiger partial charge in [0.05, 0.1) is 14.2 Å².